The van der Waals surface area contributed by atoms with Crippen molar-refractivity contribution in [2.75, 3.05) is 25.0 Å². The number of aromatic nitrogens is 1. The van der Waals surface area contributed by atoms with E-state index in [4.69, 9.17) is 16.7 Å². The van der Waals surface area contributed by atoms with Crippen molar-refractivity contribution < 1.29 is 14.7 Å². The molecular formula is C13H16ClN3O3. The summed E-state index contributed by atoms with van der Waals surface area (Å²) in [5, 5.41) is 12.0. The van der Waals surface area contributed by atoms with Crippen LogP contribution in [0.25, 0.3) is 0 Å². The smallest absolute Gasteiger partial charge is 0.317 e. The number of nitrogens with zero attached hydrogens (tertiary/aromatic N) is 2. The number of aliphatic carboxylic acids is 1. The number of nitrogens with one attached hydrogen (secondary N) is 1. The first-order valence-electron chi connectivity index (χ1n) is 6.41. The van der Waals surface area contributed by atoms with Crippen LogP contribution < -0.4 is 5.32 Å². The molecule has 1 amide bonds. The maximum atomic E-state index is 12.1. The number of likely N-dealkylation sites (tertiary alicyclic amines) is 1. The van der Waals surface area contributed by atoms with Crippen molar-refractivity contribution in [3.63, 3.8) is 0 Å². The molecule has 0 spiro atoms. The molecule has 1 unspecified atom stereocenters. The lowest BCUT2D eigenvalue weighted by atomic mass is 9.97. The van der Waals surface area contributed by atoms with Gasteiger partial charge >= 0.3 is 5.97 Å². The van der Waals surface area contributed by atoms with Crippen LogP contribution in [0.4, 0.5) is 5.82 Å². The van der Waals surface area contributed by atoms with Gasteiger partial charge in [0.1, 0.15) is 5.82 Å². The molecule has 108 valence electrons. The Morgan fingerprint density at radius 2 is 2.30 bits per heavy atom. The Hall–Kier alpha value is -1.66. The third-order valence-electron chi connectivity index (χ3n) is 3.21. The summed E-state index contributed by atoms with van der Waals surface area (Å²) in [6.45, 7) is 1.16. The van der Waals surface area contributed by atoms with Crippen LogP contribution in [-0.2, 0) is 9.59 Å². The summed E-state index contributed by atoms with van der Waals surface area (Å²) in [5.41, 5.74) is 0. The quantitative estimate of drug-likeness (QED) is 0.879. The van der Waals surface area contributed by atoms with Crippen molar-refractivity contribution in [2.24, 2.45) is 5.92 Å². The summed E-state index contributed by atoms with van der Waals surface area (Å²) in [4.78, 5) is 28.6. The van der Waals surface area contributed by atoms with Crippen molar-refractivity contribution >= 4 is 29.3 Å². The molecule has 2 rings (SSSR count). The number of rotatable bonds is 4. The van der Waals surface area contributed by atoms with E-state index >= 15 is 0 Å². The number of carboxylic acid groups (broad SMARTS) is 1. The molecule has 1 aromatic rings. The molecule has 1 aliphatic rings. The monoisotopic (exact) mass is 297 g/mol. The Kier molecular flexibility index (Phi) is 4.92. The Morgan fingerprint density at radius 3 is 2.95 bits per heavy atom. The van der Waals surface area contributed by atoms with Gasteiger partial charge in [-0.2, -0.15) is 0 Å². The normalized spacial score (nSPS) is 19.6. The molecule has 1 fully saturated rings. The fraction of sp³-hybridized carbons (Fsp3) is 0.462. The maximum absolute atomic E-state index is 12.1. The number of carbonyl (C=O) groups excluding carboxylic acids is 1. The number of anilines is 1. The van der Waals surface area contributed by atoms with Crippen LogP contribution in [0.5, 0.6) is 0 Å². The molecule has 2 heterocycles. The van der Waals surface area contributed by atoms with Crippen molar-refractivity contribution in [3.8, 4) is 0 Å². The molecule has 1 aromatic heterocycles. The summed E-state index contributed by atoms with van der Waals surface area (Å²) in [5.74, 6) is -0.754. The predicted molar refractivity (Wildman–Crippen MR) is 74.7 cm³/mol. The van der Waals surface area contributed by atoms with Gasteiger partial charge in [0, 0.05) is 12.7 Å². The lowest BCUT2D eigenvalue weighted by Crippen LogP contribution is -2.42. The van der Waals surface area contributed by atoms with Crippen LogP contribution in [0.2, 0.25) is 5.02 Å². The molecule has 1 aliphatic heterocycles. The second-order valence-electron chi connectivity index (χ2n) is 4.82. The summed E-state index contributed by atoms with van der Waals surface area (Å²) in [7, 11) is 0. The Morgan fingerprint density at radius 1 is 1.50 bits per heavy atom. The first kappa shape index (κ1) is 14.7. The number of carbonyl (C=O) groups is 2. The van der Waals surface area contributed by atoms with Gasteiger partial charge in [0.15, 0.2) is 0 Å². The molecular weight excluding hydrogens is 282 g/mol. The van der Waals surface area contributed by atoms with E-state index in [1.807, 2.05) is 0 Å². The summed E-state index contributed by atoms with van der Waals surface area (Å²) >= 11 is 5.73. The van der Waals surface area contributed by atoms with Crippen LogP contribution in [0, 0.1) is 5.92 Å². The molecule has 0 aromatic carbocycles. The van der Waals surface area contributed by atoms with Gasteiger partial charge in [0.05, 0.1) is 17.5 Å². The molecule has 1 saturated heterocycles. The molecule has 0 aliphatic carbocycles. The molecule has 7 heteroatoms. The Labute approximate surface area is 121 Å². The van der Waals surface area contributed by atoms with Crippen molar-refractivity contribution in [1.29, 1.82) is 0 Å². The van der Waals surface area contributed by atoms with E-state index in [0.29, 0.717) is 17.4 Å². The maximum Gasteiger partial charge on any atom is 0.317 e. The van der Waals surface area contributed by atoms with Gasteiger partial charge in [0.2, 0.25) is 5.91 Å². The minimum atomic E-state index is -0.870. The van der Waals surface area contributed by atoms with Crippen LogP contribution in [-0.4, -0.2) is 46.5 Å². The third-order valence-corrected chi connectivity index (χ3v) is 3.44. The number of carboxylic acids is 1. The Balaban J connectivity index is 1.91. The highest BCUT2D eigenvalue weighted by Crippen LogP contribution is 2.18. The summed E-state index contributed by atoms with van der Waals surface area (Å²) < 4.78 is 0. The van der Waals surface area contributed by atoms with E-state index in [-0.39, 0.29) is 18.4 Å². The zero-order valence-electron chi connectivity index (χ0n) is 10.9. The van der Waals surface area contributed by atoms with E-state index in [0.717, 1.165) is 19.4 Å². The molecule has 0 saturated carbocycles. The van der Waals surface area contributed by atoms with E-state index in [1.165, 1.54) is 6.20 Å². The number of pyridine rings is 1. The second-order valence-corrected chi connectivity index (χ2v) is 5.26. The number of hydrogen-bond donors (Lipinski definition) is 2. The Bertz CT molecular complexity index is 492. The molecule has 1 atom stereocenters. The zero-order valence-corrected chi connectivity index (χ0v) is 11.6. The van der Waals surface area contributed by atoms with E-state index in [1.54, 1.807) is 17.0 Å². The molecule has 0 radical (unpaired) electrons. The topological polar surface area (TPSA) is 82.5 Å². The second kappa shape index (κ2) is 6.67. The van der Waals surface area contributed by atoms with Gasteiger partial charge in [0.25, 0.3) is 0 Å². The predicted octanol–water partition coefficient (Wildman–Crippen LogP) is 1.47. The molecule has 6 nitrogen and oxygen atoms in total. The molecule has 2 N–H and O–H groups in total. The highest BCUT2D eigenvalue weighted by molar-refractivity contribution is 6.30. The van der Waals surface area contributed by atoms with Gasteiger partial charge < -0.3 is 10.4 Å². The minimum absolute atomic E-state index is 0.0248. The van der Waals surface area contributed by atoms with Crippen molar-refractivity contribution in [2.45, 2.75) is 12.8 Å². The van der Waals surface area contributed by atoms with Crippen LogP contribution in [0.1, 0.15) is 12.8 Å². The van der Waals surface area contributed by atoms with E-state index in [2.05, 4.69) is 10.3 Å². The first-order valence-corrected chi connectivity index (χ1v) is 6.79. The standard InChI is InChI=1S/C13H16ClN3O3/c14-10-3-4-11(15-6-10)16-13(20)9-2-1-5-17(7-9)8-12(18)19/h3-4,6,9H,1-2,5,7-8H2,(H,18,19)(H,15,16,20). The minimum Gasteiger partial charge on any atom is -0.480 e. The van der Waals surface area contributed by atoms with Gasteiger partial charge in [-0.1, -0.05) is 11.6 Å². The number of amides is 1. The number of hydrogen-bond acceptors (Lipinski definition) is 4. The number of halogens is 1. The first-order chi connectivity index (χ1) is 9.54. The number of piperidine rings is 1. The fourth-order valence-electron chi connectivity index (χ4n) is 2.28. The zero-order chi connectivity index (χ0) is 14.5. The van der Waals surface area contributed by atoms with E-state index < -0.39 is 5.97 Å². The van der Waals surface area contributed by atoms with Crippen molar-refractivity contribution in [1.82, 2.24) is 9.88 Å². The highest BCUT2D eigenvalue weighted by atomic mass is 35.5. The van der Waals surface area contributed by atoms with Crippen LogP contribution in [0.3, 0.4) is 0 Å². The molecule has 20 heavy (non-hydrogen) atoms. The van der Waals surface area contributed by atoms with Crippen LogP contribution in [0.15, 0.2) is 18.3 Å². The average molecular weight is 298 g/mol. The largest absolute Gasteiger partial charge is 0.480 e. The lowest BCUT2D eigenvalue weighted by molar-refractivity contribution is -0.139. The van der Waals surface area contributed by atoms with Crippen LogP contribution >= 0.6 is 11.6 Å². The molecule has 0 bridgehead atoms. The fourth-order valence-corrected chi connectivity index (χ4v) is 2.39. The van der Waals surface area contributed by atoms with Gasteiger partial charge in [-0.05, 0) is 31.5 Å². The highest BCUT2D eigenvalue weighted by Gasteiger charge is 2.26. The summed E-state index contributed by atoms with van der Waals surface area (Å²) in [6.07, 6.45) is 3.05. The summed E-state index contributed by atoms with van der Waals surface area (Å²) in [6, 6.07) is 3.29. The SMILES string of the molecule is O=C(O)CN1CCCC(C(=O)Nc2ccc(Cl)cn2)C1. The van der Waals surface area contributed by atoms with Crippen molar-refractivity contribution in [3.05, 3.63) is 23.4 Å². The van der Waals surface area contributed by atoms with Gasteiger partial charge in [-0.15, -0.1) is 0 Å². The van der Waals surface area contributed by atoms with Gasteiger partial charge in [-0.25, -0.2) is 4.98 Å². The van der Waals surface area contributed by atoms with E-state index in [9.17, 15) is 9.59 Å². The van der Waals surface area contributed by atoms with Gasteiger partial charge in [-0.3, -0.25) is 14.5 Å². The third kappa shape index (κ3) is 4.18. The average Bonchev–Trinajstić information content (AvgIpc) is 2.41. The lowest BCUT2D eigenvalue weighted by Gasteiger charge is -2.30.